The maximum Gasteiger partial charge on any atom is 0.262 e. The Kier molecular flexibility index (Phi) is 5.99. The van der Waals surface area contributed by atoms with E-state index in [9.17, 15) is 13.7 Å². The lowest BCUT2D eigenvalue weighted by Crippen LogP contribution is -2.50. The number of nitrogens with zero attached hydrogens (tertiary/aromatic N) is 1. The minimum absolute atomic E-state index is 0.0704. The highest BCUT2D eigenvalue weighted by Crippen LogP contribution is 2.35. The lowest BCUT2D eigenvalue weighted by atomic mass is 10.0. The zero-order valence-electron chi connectivity index (χ0n) is 18.6. The molecule has 2 N–H and O–H groups in total. The van der Waals surface area contributed by atoms with Crippen LogP contribution in [-0.4, -0.2) is 47.1 Å². The van der Waals surface area contributed by atoms with E-state index < -0.39 is 22.6 Å². The third-order valence-corrected chi connectivity index (χ3v) is 6.68. The molecule has 0 aliphatic carbocycles. The van der Waals surface area contributed by atoms with E-state index in [1.165, 1.54) is 13.2 Å². The molecular weight excluding hydrogens is 457 g/mol. The first-order valence-electron chi connectivity index (χ1n) is 10.7. The van der Waals surface area contributed by atoms with E-state index in [1.54, 1.807) is 12.3 Å². The summed E-state index contributed by atoms with van der Waals surface area (Å²) >= 11 is -1.09. The molecule has 1 unspecified atom stereocenters. The fourth-order valence-corrected chi connectivity index (χ4v) is 4.38. The average molecular weight is 480 g/mol. The molecule has 1 saturated heterocycles. The predicted molar refractivity (Wildman–Crippen MR) is 129 cm³/mol. The summed E-state index contributed by atoms with van der Waals surface area (Å²) < 4.78 is 37.2. The van der Waals surface area contributed by atoms with Gasteiger partial charge in [-0.3, -0.25) is 4.79 Å². The van der Waals surface area contributed by atoms with Crippen LogP contribution in [0.1, 0.15) is 0 Å². The van der Waals surface area contributed by atoms with E-state index in [2.05, 4.69) is 15.3 Å². The van der Waals surface area contributed by atoms with Gasteiger partial charge in [-0.1, -0.05) is 0 Å². The molecule has 0 bridgehead atoms. The zero-order chi connectivity index (χ0) is 23.8. The fourth-order valence-electron chi connectivity index (χ4n) is 3.86. The maximum atomic E-state index is 14.1. The van der Waals surface area contributed by atoms with Crippen molar-refractivity contribution in [3.63, 3.8) is 0 Å². The molecule has 0 radical (unpaired) electrons. The van der Waals surface area contributed by atoms with Crippen molar-refractivity contribution < 1.29 is 18.4 Å². The Morgan fingerprint density at radius 3 is 2.44 bits per heavy atom. The van der Waals surface area contributed by atoms with E-state index in [4.69, 9.17) is 9.47 Å². The van der Waals surface area contributed by atoms with E-state index in [1.807, 2.05) is 36.4 Å². The van der Waals surface area contributed by atoms with Gasteiger partial charge in [0.15, 0.2) is 4.90 Å². The monoisotopic (exact) mass is 479 g/mol. The number of methoxy groups -OCH3 is 1. The van der Waals surface area contributed by atoms with Gasteiger partial charge in [0.25, 0.3) is 5.56 Å². The van der Waals surface area contributed by atoms with E-state index >= 15 is 0 Å². The Hall–Kier alpha value is -3.40. The van der Waals surface area contributed by atoms with Crippen molar-refractivity contribution in [1.82, 2.24) is 15.3 Å². The van der Waals surface area contributed by atoms with Crippen LogP contribution in [0, 0.1) is 5.82 Å². The molecule has 4 aromatic rings. The second-order valence-electron chi connectivity index (χ2n) is 8.00. The summed E-state index contributed by atoms with van der Waals surface area (Å²) in [5.41, 5.74) is 2.09. The highest BCUT2D eigenvalue weighted by molar-refractivity contribution is 7.90. The second kappa shape index (κ2) is 9.09. The topological polar surface area (TPSA) is 99.3 Å². The highest BCUT2D eigenvalue weighted by atomic mass is 32.2. The van der Waals surface area contributed by atoms with Crippen LogP contribution in [0.4, 0.5) is 4.39 Å². The molecule has 1 fully saturated rings. The fraction of sp³-hybridized carbons (Fsp3) is 0.200. The van der Waals surface area contributed by atoms with Crippen molar-refractivity contribution in [2.45, 2.75) is 11.0 Å². The average Bonchev–Trinajstić information content (AvgIpc) is 2.80. The largest absolute Gasteiger partial charge is 0.612 e. The molecule has 1 aromatic heterocycles. The number of fused-ring (bicyclic) bond motifs is 1. The van der Waals surface area contributed by atoms with Gasteiger partial charge in [0.05, 0.1) is 12.6 Å². The first kappa shape index (κ1) is 22.4. The van der Waals surface area contributed by atoms with Crippen LogP contribution in [0.25, 0.3) is 33.4 Å². The Balaban J connectivity index is 1.63. The summed E-state index contributed by atoms with van der Waals surface area (Å²) in [6, 6.07) is 15.3. The molecule has 0 spiro atoms. The van der Waals surface area contributed by atoms with Gasteiger partial charge in [-0.2, -0.15) is 0 Å². The Labute approximate surface area is 198 Å². The number of H-pyrrole nitrogens is 1. The molecule has 7 nitrogen and oxygen atoms in total. The van der Waals surface area contributed by atoms with E-state index in [-0.39, 0.29) is 22.8 Å². The quantitative estimate of drug-likeness (QED) is 0.411. The van der Waals surface area contributed by atoms with Gasteiger partial charge in [0.2, 0.25) is 0 Å². The number of aromatic nitrogens is 2. The number of hydrogen-bond acceptors (Lipinski definition) is 6. The molecule has 1 aliphatic rings. The third kappa shape index (κ3) is 4.25. The van der Waals surface area contributed by atoms with Gasteiger partial charge >= 0.3 is 0 Å². The number of aromatic amines is 1. The Morgan fingerprint density at radius 1 is 1.06 bits per heavy atom. The van der Waals surface area contributed by atoms with Gasteiger partial charge < -0.3 is 24.3 Å². The van der Waals surface area contributed by atoms with Gasteiger partial charge in [-0.05, 0) is 59.2 Å². The van der Waals surface area contributed by atoms with Crippen molar-refractivity contribution in [2.75, 3.05) is 26.5 Å². The van der Waals surface area contributed by atoms with Gasteiger partial charge in [-0.15, -0.1) is 0 Å². The molecule has 9 heteroatoms. The van der Waals surface area contributed by atoms with Crippen molar-refractivity contribution >= 4 is 22.1 Å². The SMILES string of the molecule is COc1cc(F)cc2nc(-c3ccc(OC4CNC4)c(-c4ccc([S+](C)[O-])cc4)c3)[nH]c(=O)c12. The number of nitrogens with one attached hydrogen (secondary N) is 2. The minimum Gasteiger partial charge on any atom is -0.612 e. The van der Waals surface area contributed by atoms with Crippen LogP contribution in [0.5, 0.6) is 11.5 Å². The number of rotatable bonds is 6. The van der Waals surface area contributed by atoms with Gasteiger partial charge in [-0.25, -0.2) is 9.37 Å². The molecule has 5 rings (SSSR count). The Bertz CT molecular complexity index is 1420. The molecule has 0 amide bonds. The lowest BCUT2D eigenvalue weighted by Gasteiger charge is -2.29. The van der Waals surface area contributed by atoms with Crippen LogP contribution in [0.3, 0.4) is 0 Å². The summed E-state index contributed by atoms with van der Waals surface area (Å²) in [5, 5.41) is 3.37. The molecule has 3 aromatic carbocycles. The smallest absolute Gasteiger partial charge is 0.262 e. The second-order valence-corrected chi connectivity index (χ2v) is 9.38. The van der Waals surface area contributed by atoms with Crippen LogP contribution < -0.4 is 20.3 Å². The van der Waals surface area contributed by atoms with Crippen LogP contribution in [0.15, 0.2) is 64.3 Å². The van der Waals surface area contributed by atoms with Crippen LogP contribution in [-0.2, 0) is 11.2 Å². The number of ether oxygens (including phenoxy) is 2. The first-order chi connectivity index (χ1) is 16.4. The number of halogens is 1. The summed E-state index contributed by atoms with van der Waals surface area (Å²) in [5.74, 6) is 0.577. The van der Waals surface area contributed by atoms with Crippen LogP contribution >= 0.6 is 0 Å². The first-order valence-corrected chi connectivity index (χ1v) is 12.2. The van der Waals surface area contributed by atoms with Gasteiger partial charge in [0, 0.05) is 36.3 Å². The van der Waals surface area contributed by atoms with Gasteiger partial charge in [0.1, 0.15) is 40.9 Å². The summed E-state index contributed by atoms with van der Waals surface area (Å²) in [7, 11) is 1.38. The van der Waals surface area contributed by atoms with Crippen molar-refractivity contribution in [3.8, 4) is 34.0 Å². The molecule has 174 valence electrons. The molecule has 34 heavy (non-hydrogen) atoms. The van der Waals surface area contributed by atoms with Crippen molar-refractivity contribution in [1.29, 1.82) is 0 Å². The van der Waals surface area contributed by atoms with E-state index in [0.29, 0.717) is 17.1 Å². The molecule has 0 saturated carbocycles. The number of benzene rings is 3. The van der Waals surface area contributed by atoms with E-state index in [0.717, 1.165) is 35.2 Å². The molecule has 1 aliphatic heterocycles. The zero-order valence-corrected chi connectivity index (χ0v) is 19.4. The third-order valence-electron chi connectivity index (χ3n) is 5.75. The molecular formula is C25H22FN3O4S. The minimum atomic E-state index is -1.09. The molecule has 1 atom stereocenters. The molecule has 2 heterocycles. The summed E-state index contributed by atoms with van der Waals surface area (Å²) in [6.07, 6.45) is 1.70. The van der Waals surface area contributed by atoms with Crippen molar-refractivity contribution in [2.24, 2.45) is 0 Å². The maximum absolute atomic E-state index is 14.1. The summed E-state index contributed by atoms with van der Waals surface area (Å²) in [4.78, 5) is 20.8. The predicted octanol–water partition coefficient (Wildman–Crippen LogP) is 3.49. The van der Waals surface area contributed by atoms with Crippen LogP contribution in [0.2, 0.25) is 0 Å². The standard InChI is InChI=1S/C25H22FN3O4S/c1-32-22-11-16(26)10-20-23(22)25(30)29-24(28-20)15-5-8-21(33-17-12-27-13-17)19(9-15)14-3-6-18(7-4-14)34(2)31/h3-11,17,27H,12-13H2,1-2H3,(H,28,29,30). The Morgan fingerprint density at radius 2 is 1.79 bits per heavy atom. The summed E-state index contributed by atoms with van der Waals surface area (Å²) in [6.45, 7) is 1.53. The highest BCUT2D eigenvalue weighted by Gasteiger charge is 2.21. The van der Waals surface area contributed by atoms with Crippen molar-refractivity contribution in [3.05, 3.63) is 70.8 Å². The normalized spacial score (nSPS) is 14.6. The lowest BCUT2D eigenvalue weighted by molar-refractivity contribution is 0.143. The number of hydrogen-bond donors (Lipinski definition) is 2.